The zero-order chi connectivity index (χ0) is 15.5. The van der Waals surface area contributed by atoms with Gasteiger partial charge >= 0.3 is 0 Å². The number of carbonyl (C=O) groups is 1. The van der Waals surface area contributed by atoms with Gasteiger partial charge in [0.25, 0.3) is 5.91 Å². The van der Waals surface area contributed by atoms with E-state index in [0.29, 0.717) is 11.6 Å². The number of hydrogen-bond acceptors (Lipinski definition) is 6. The van der Waals surface area contributed by atoms with Crippen LogP contribution in [0.1, 0.15) is 39.9 Å². The smallest absolute Gasteiger partial charge is 0.271 e. The van der Waals surface area contributed by atoms with E-state index in [-0.39, 0.29) is 5.91 Å². The van der Waals surface area contributed by atoms with Crippen LogP contribution < -0.4 is 10.2 Å². The van der Waals surface area contributed by atoms with Crippen LogP contribution >= 0.6 is 11.3 Å². The number of nitrogens with zero attached hydrogens (tertiary/aromatic N) is 4. The number of aromatic nitrogens is 3. The van der Waals surface area contributed by atoms with E-state index in [1.165, 1.54) is 5.01 Å². The van der Waals surface area contributed by atoms with Gasteiger partial charge in [0.15, 0.2) is 11.5 Å². The summed E-state index contributed by atoms with van der Waals surface area (Å²) in [5.41, 5.74) is 1.43. The van der Waals surface area contributed by atoms with Crippen molar-refractivity contribution < 1.29 is 4.79 Å². The van der Waals surface area contributed by atoms with Gasteiger partial charge in [0.1, 0.15) is 0 Å². The number of piperidine rings is 1. The van der Waals surface area contributed by atoms with Gasteiger partial charge in [0.05, 0.1) is 5.01 Å². The summed E-state index contributed by atoms with van der Waals surface area (Å²) in [6.07, 6.45) is 2.27. The molecule has 7 heteroatoms. The number of rotatable bonds is 3. The highest BCUT2D eigenvalue weighted by Gasteiger charge is 2.24. The van der Waals surface area contributed by atoms with Crippen molar-refractivity contribution in [3.05, 3.63) is 33.9 Å². The lowest BCUT2D eigenvalue weighted by Gasteiger charge is -2.32. The Kier molecular flexibility index (Phi) is 4.33. The standard InChI is InChI=1S/C15H19N5OS/c1-10-9-22-15(17-10)11-4-3-7-20(8-11)13-6-5-12(18-19-13)14(21)16-2/h5-6,9,11H,3-4,7-8H2,1-2H3,(H,16,21). The lowest BCUT2D eigenvalue weighted by molar-refractivity contribution is 0.0957. The largest absolute Gasteiger partial charge is 0.354 e. The summed E-state index contributed by atoms with van der Waals surface area (Å²) >= 11 is 1.74. The predicted molar refractivity (Wildman–Crippen MR) is 86.5 cm³/mol. The van der Waals surface area contributed by atoms with Crippen LogP contribution in [-0.2, 0) is 0 Å². The highest BCUT2D eigenvalue weighted by molar-refractivity contribution is 7.09. The number of nitrogens with one attached hydrogen (secondary N) is 1. The van der Waals surface area contributed by atoms with Crippen molar-refractivity contribution in [1.82, 2.24) is 20.5 Å². The van der Waals surface area contributed by atoms with E-state index < -0.39 is 0 Å². The highest BCUT2D eigenvalue weighted by atomic mass is 32.1. The molecule has 0 aliphatic carbocycles. The second-order valence-electron chi connectivity index (χ2n) is 5.47. The Morgan fingerprint density at radius 1 is 1.41 bits per heavy atom. The van der Waals surface area contributed by atoms with E-state index in [2.05, 4.69) is 30.8 Å². The zero-order valence-corrected chi connectivity index (χ0v) is 13.6. The van der Waals surface area contributed by atoms with Crippen molar-refractivity contribution in [2.24, 2.45) is 0 Å². The van der Waals surface area contributed by atoms with Crippen LogP contribution in [0.5, 0.6) is 0 Å². The van der Waals surface area contributed by atoms with Crippen LogP contribution in [0, 0.1) is 6.92 Å². The Labute approximate surface area is 133 Å². The molecule has 3 rings (SSSR count). The Bertz CT molecular complexity index is 654. The molecule has 1 N–H and O–H groups in total. The number of hydrogen-bond donors (Lipinski definition) is 1. The highest BCUT2D eigenvalue weighted by Crippen LogP contribution is 2.30. The molecule has 1 fully saturated rings. The summed E-state index contributed by atoms with van der Waals surface area (Å²) in [5, 5.41) is 14.1. The van der Waals surface area contributed by atoms with E-state index in [9.17, 15) is 4.79 Å². The fraction of sp³-hybridized carbons (Fsp3) is 0.467. The van der Waals surface area contributed by atoms with Crippen molar-refractivity contribution in [3.8, 4) is 0 Å². The molecule has 0 aromatic carbocycles. The molecule has 0 radical (unpaired) electrons. The molecule has 116 valence electrons. The number of carbonyl (C=O) groups excluding carboxylic acids is 1. The van der Waals surface area contributed by atoms with Crippen molar-refractivity contribution in [2.75, 3.05) is 25.0 Å². The third-order valence-corrected chi connectivity index (χ3v) is 4.97. The van der Waals surface area contributed by atoms with Gasteiger partial charge in [-0.2, -0.15) is 0 Å². The average Bonchev–Trinajstić information content (AvgIpc) is 3.01. The molecule has 2 aromatic heterocycles. The van der Waals surface area contributed by atoms with Gasteiger partial charge in [-0.15, -0.1) is 21.5 Å². The predicted octanol–water partition coefficient (Wildman–Crippen LogP) is 1.99. The van der Waals surface area contributed by atoms with E-state index in [0.717, 1.165) is 37.4 Å². The Morgan fingerprint density at radius 2 is 2.27 bits per heavy atom. The third kappa shape index (κ3) is 3.09. The number of anilines is 1. The minimum absolute atomic E-state index is 0.214. The van der Waals surface area contributed by atoms with Crippen LogP contribution in [0.4, 0.5) is 5.82 Å². The molecule has 0 spiro atoms. The molecule has 0 saturated carbocycles. The summed E-state index contributed by atoms with van der Waals surface area (Å²) in [4.78, 5) is 18.3. The first-order valence-corrected chi connectivity index (χ1v) is 8.28. The molecular formula is C15H19N5OS. The van der Waals surface area contributed by atoms with Crippen LogP contribution in [0.15, 0.2) is 17.5 Å². The lowest BCUT2D eigenvalue weighted by Crippen LogP contribution is -2.35. The molecule has 1 atom stereocenters. The topological polar surface area (TPSA) is 71.0 Å². The monoisotopic (exact) mass is 317 g/mol. The maximum absolute atomic E-state index is 11.5. The first-order chi connectivity index (χ1) is 10.7. The number of aryl methyl sites for hydroxylation is 1. The zero-order valence-electron chi connectivity index (χ0n) is 12.7. The van der Waals surface area contributed by atoms with Gasteiger partial charge in [-0.25, -0.2) is 4.98 Å². The number of thiazole rings is 1. The first kappa shape index (κ1) is 14.9. The van der Waals surface area contributed by atoms with Crippen LogP contribution in [0.25, 0.3) is 0 Å². The maximum Gasteiger partial charge on any atom is 0.271 e. The Morgan fingerprint density at radius 3 is 2.91 bits per heavy atom. The maximum atomic E-state index is 11.5. The SMILES string of the molecule is CNC(=O)c1ccc(N2CCCC(c3nc(C)cs3)C2)nn1. The quantitative estimate of drug-likeness (QED) is 0.937. The van der Waals surface area contributed by atoms with E-state index in [1.54, 1.807) is 24.5 Å². The van der Waals surface area contributed by atoms with Gasteiger partial charge in [0.2, 0.25) is 0 Å². The molecule has 1 aliphatic rings. The molecule has 1 amide bonds. The lowest BCUT2D eigenvalue weighted by atomic mass is 9.99. The van der Waals surface area contributed by atoms with Crippen LogP contribution in [0.2, 0.25) is 0 Å². The fourth-order valence-electron chi connectivity index (χ4n) is 2.69. The fourth-order valence-corrected chi connectivity index (χ4v) is 3.62. The van der Waals surface area contributed by atoms with Gasteiger partial charge in [-0.3, -0.25) is 4.79 Å². The van der Waals surface area contributed by atoms with Crippen molar-refractivity contribution in [1.29, 1.82) is 0 Å². The molecule has 6 nitrogen and oxygen atoms in total. The van der Waals surface area contributed by atoms with Crippen molar-refractivity contribution >= 4 is 23.1 Å². The van der Waals surface area contributed by atoms with Gasteiger partial charge in [-0.1, -0.05) is 0 Å². The van der Waals surface area contributed by atoms with Crippen molar-refractivity contribution in [3.63, 3.8) is 0 Å². The molecule has 1 aliphatic heterocycles. The average molecular weight is 317 g/mol. The summed E-state index contributed by atoms with van der Waals surface area (Å²) < 4.78 is 0. The number of amides is 1. The summed E-state index contributed by atoms with van der Waals surface area (Å²) in [6.45, 7) is 3.90. The minimum Gasteiger partial charge on any atom is -0.354 e. The molecule has 0 bridgehead atoms. The molecule has 1 unspecified atom stereocenters. The summed E-state index contributed by atoms with van der Waals surface area (Å²) in [5.74, 6) is 1.06. The van der Waals surface area contributed by atoms with Crippen LogP contribution in [-0.4, -0.2) is 41.2 Å². The van der Waals surface area contributed by atoms with E-state index in [1.807, 2.05) is 13.0 Å². The van der Waals surface area contributed by atoms with E-state index in [4.69, 9.17) is 0 Å². The third-order valence-electron chi connectivity index (χ3n) is 3.84. The van der Waals surface area contributed by atoms with E-state index >= 15 is 0 Å². The van der Waals surface area contributed by atoms with Gasteiger partial charge in [-0.05, 0) is 31.9 Å². The Balaban J connectivity index is 1.73. The minimum atomic E-state index is -0.214. The second kappa shape index (κ2) is 6.39. The van der Waals surface area contributed by atoms with Gasteiger partial charge < -0.3 is 10.2 Å². The Hall–Kier alpha value is -2.02. The van der Waals surface area contributed by atoms with Gasteiger partial charge in [0, 0.05) is 37.1 Å². The molecule has 2 aromatic rings. The molecule has 22 heavy (non-hydrogen) atoms. The van der Waals surface area contributed by atoms with Crippen molar-refractivity contribution in [2.45, 2.75) is 25.7 Å². The molecule has 1 saturated heterocycles. The molecule has 3 heterocycles. The summed E-state index contributed by atoms with van der Waals surface area (Å²) in [6, 6.07) is 3.59. The second-order valence-corrected chi connectivity index (χ2v) is 6.36. The first-order valence-electron chi connectivity index (χ1n) is 7.40. The normalized spacial score (nSPS) is 18.3. The summed E-state index contributed by atoms with van der Waals surface area (Å²) in [7, 11) is 1.59. The van der Waals surface area contributed by atoms with Crippen LogP contribution in [0.3, 0.4) is 0 Å². The molecular weight excluding hydrogens is 298 g/mol.